The van der Waals surface area contributed by atoms with Crippen molar-refractivity contribution in [1.29, 1.82) is 0 Å². The highest BCUT2D eigenvalue weighted by Gasteiger charge is 1.91. The highest BCUT2D eigenvalue weighted by atomic mass is 127. The van der Waals surface area contributed by atoms with Gasteiger partial charge in [-0.2, -0.15) is 0 Å². The van der Waals surface area contributed by atoms with E-state index in [0.29, 0.717) is 6.54 Å². The van der Waals surface area contributed by atoms with E-state index in [2.05, 4.69) is 46.1 Å². The molecule has 0 amide bonds. The van der Waals surface area contributed by atoms with Crippen LogP contribution in [0.3, 0.4) is 0 Å². The SMILES string of the molecule is OCCNCc1cccc(I)c1. The molecule has 1 rings (SSSR count). The van der Waals surface area contributed by atoms with Crippen molar-refractivity contribution in [2.75, 3.05) is 13.2 Å². The zero-order valence-electron chi connectivity index (χ0n) is 6.76. The van der Waals surface area contributed by atoms with E-state index >= 15 is 0 Å². The predicted molar refractivity (Wildman–Crippen MR) is 58.0 cm³/mol. The zero-order valence-corrected chi connectivity index (χ0v) is 8.91. The second-order valence-electron chi connectivity index (χ2n) is 2.53. The van der Waals surface area contributed by atoms with E-state index in [1.54, 1.807) is 0 Å². The molecule has 0 saturated carbocycles. The Morgan fingerprint density at radius 2 is 2.25 bits per heavy atom. The van der Waals surface area contributed by atoms with Gasteiger partial charge in [-0.25, -0.2) is 0 Å². The molecular formula is C9H12INO. The molecule has 0 heterocycles. The van der Waals surface area contributed by atoms with E-state index in [0.717, 1.165) is 6.54 Å². The Labute approximate surface area is 86.1 Å². The molecule has 12 heavy (non-hydrogen) atoms. The number of benzene rings is 1. The van der Waals surface area contributed by atoms with Crippen LogP contribution in [0.5, 0.6) is 0 Å². The number of halogens is 1. The minimum absolute atomic E-state index is 0.198. The Hall–Kier alpha value is -0.130. The highest BCUT2D eigenvalue weighted by Crippen LogP contribution is 2.06. The number of hydrogen-bond acceptors (Lipinski definition) is 2. The summed E-state index contributed by atoms with van der Waals surface area (Å²) in [7, 11) is 0. The van der Waals surface area contributed by atoms with Crippen molar-refractivity contribution in [2.45, 2.75) is 6.54 Å². The predicted octanol–water partition coefficient (Wildman–Crippen LogP) is 1.37. The van der Waals surface area contributed by atoms with Crippen molar-refractivity contribution in [3.05, 3.63) is 33.4 Å². The van der Waals surface area contributed by atoms with Gasteiger partial charge in [0.2, 0.25) is 0 Å². The molecular weight excluding hydrogens is 265 g/mol. The second-order valence-corrected chi connectivity index (χ2v) is 3.78. The molecule has 3 heteroatoms. The van der Waals surface area contributed by atoms with Gasteiger partial charge in [0.15, 0.2) is 0 Å². The first-order valence-corrected chi connectivity index (χ1v) is 4.97. The van der Waals surface area contributed by atoms with Crippen LogP contribution in [0.15, 0.2) is 24.3 Å². The minimum Gasteiger partial charge on any atom is -0.395 e. The summed E-state index contributed by atoms with van der Waals surface area (Å²) >= 11 is 2.29. The summed E-state index contributed by atoms with van der Waals surface area (Å²) in [6.07, 6.45) is 0. The maximum atomic E-state index is 8.53. The average Bonchev–Trinajstić information content (AvgIpc) is 2.05. The van der Waals surface area contributed by atoms with E-state index in [9.17, 15) is 0 Å². The van der Waals surface area contributed by atoms with Crippen LogP contribution in [-0.4, -0.2) is 18.3 Å². The summed E-state index contributed by atoms with van der Waals surface area (Å²) < 4.78 is 1.25. The Morgan fingerprint density at radius 1 is 1.42 bits per heavy atom. The first kappa shape index (κ1) is 9.95. The molecule has 1 aromatic rings. The lowest BCUT2D eigenvalue weighted by molar-refractivity contribution is 0.292. The Kier molecular flexibility index (Phi) is 4.57. The number of hydrogen-bond donors (Lipinski definition) is 2. The third-order valence-electron chi connectivity index (χ3n) is 1.51. The van der Waals surface area contributed by atoms with E-state index in [1.165, 1.54) is 9.13 Å². The van der Waals surface area contributed by atoms with Gasteiger partial charge >= 0.3 is 0 Å². The molecule has 0 saturated heterocycles. The summed E-state index contributed by atoms with van der Waals surface area (Å²) in [4.78, 5) is 0. The molecule has 0 aromatic heterocycles. The van der Waals surface area contributed by atoms with Crippen molar-refractivity contribution in [3.8, 4) is 0 Å². The number of aliphatic hydroxyl groups is 1. The lowest BCUT2D eigenvalue weighted by Gasteiger charge is -2.02. The van der Waals surface area contributed by atoms with Gasteiger partial charge in [0.05, 0.1) is 6.61 Å². The maximum Gasteiger partial charge on any atom is 0.0556 e. The van der Waals surface area contributed by atoms with Gasteiger partial charge < -0.3 is 10.4 Å². The summed E-state index contributed by atoms with van der Waals surface area (Å²) in [5, 5.41) is 11.7. The smallest absolute Gasteiger partial charge is 0.0556 e. The standard InChI is InChI=1S/C9H12INO/c10-9-3-1-2-8(6-9)7-11-4-5-12/h1-3,6,11-12H,4-5,7H2. The molecule has 0 aliphatic heterocycles. The van der Waals surface area contributed by atoms with Crippen molar-refractivity contribution in [1.82, 2.24) is 5.32 Å². The van der Waals surface area contributed by atoms with Gasteiger partial charge in [0.25, 0.3) is 0 Å². The fourth-order valence-electron chi connectivity index (χ4n) is 0.959. The molecule has 0 aliphatic rings. The Balaban J connectivity index is 2.41. The zero-order chi connectivity index (χ0) is 8.81. The second kappa shape index (κ2) is 5.50. The average molecular weight is 277 g/mol. The lowest BCUT2D eigenvalue weighted by atomic mass is 10.2. The molecule has 0 spiro atoms. The molecule has 2 N–H and O–H groups in total. The lowest BCUT2D eigenvalue weighted by Crippen LogP contribution is -2.17. The van der Waals surface area contributed by atoms with Crippen LogP contribution in [0.1, 0.15) is 5.56 Å². The molecule has 0 aliphatic carbocycles. The number of nitrogens with one attached hydrogen (secondary N) is 1. The first-order valence-electron chi connectivity index (χ1n) is 3.89. The monoisotopic (exact) mass is 277 g/mol. The van der Waals surface area contributed by atoms with Crippen LogP contribution in [0.2, 0.25) is 0 Å². The van der Waals surface area contributed by atoms with Crippen molar-refractivity contribution >= 4 is 22.6 Å². The fraction of sp³-hybridized carbons (Fsp3) is 0.333. The summed E-state index contributed by atoms with van der Waals surface area (Å²) in [6, 6.07) is 8.31. The third-order valence-corrected chi connectivity index (χ3v) is 2.18. The van der Waals surface area contributed by atoms with Crippen LogP contribution < -0.4 is 5.32 Å². The van der Waals surface area contributed by atoms with Crippen LogP contribution in [-0.2, 0) is 6.54 Å². The molecule has 0 radical (unpaired) electrons. The van der Waals surface area contributed by atoms with Gasteiger partial charge in [0.1, 0.15) is 0 Å². The molecule has 0 atom stereocenters. The quantitative estimate of drug-likeness (QED) is 0.643. The number of rotatable bonds is 4. The molecule has 0 unspecified atom stereocenters. The minimum atomic E-state index is 0.198. The Morgan fingerprint density at radius 3 is 2.92 bits per heavy atom. The summed E-state index contributed by atoms with van der Waals surface area (Å²) in [5.41, 5.74) is 1.26. The maximum absolute atomic E-state index is 8.53. The Bertz CT molecular complexity index is 240. The topological polar surface area (TPSA) is 32.3 Å². The summed E-state index contributed by atoms with van der Waals surface area (Å²) in [5.74, 6) is 0. The largest absolute Gasteiger partial charge is 0.395 e. The van der Waals surface area contributed by atoms with Crippen LogP contribution in [0.4, 0.5) is 0 Å². The van der Waals surface area contributed by atoms with E-state index in [1.807, 2.05) is 6.07 Å². The normalized spacial score (nSPS) is 10.2. The van der Waals surface area contributed by atoms with Crippen molar-refractivity contribution in [3.63, 3.8) is 0 Å². The van der Waals surface area contributed by atoms with Crippen LogP contribution >= 0.6 is 22.6 Å². The van der Waals surface area contributed by atoms with Gasteiger partial charge in [-0.15, -0.1) is 0 Å². The van der Waals surface area contributed by atoms with E-state index < -0.39 is 0 Å². The van der Waals surface area contributed by atoms with Crippen LogP contribution in [0, 0.1) is 3.57 Å². The van der Waals surface area contributed by atoms with E-state index in [-0.39, 0.29) is 6.61 Å². The van der Waals surface area contributed by atoms with E-state index in [4.69, 9.17) is 5.11 Å². The third kappa shape index (κ3) is 3.51. The van der Waals surface area contributed by atoms with Gasteiger partial charge in [-0.3, -0.25) is 0 Å². The molecule has 0 bridgehead atoms. The molecule has 66 valence electrons. The van der Waals surface area contributed by atoms with Crippen LogP contribution in [0.25, 0.3) is 0 Å². The number of aliphatic hydroxyl groups excluding tert-OH is 1. The summed E-state index contributed by atoms with van der Waals surface area (Å²) in [6.45, 7) is 1.69. The van der Waals surface area contributed by atoms with Crippen molar-refractivity contribution in [2.24, 2.45) is 0 Å². The van der Waals surface area contributed by atoms with Crippen molar-refractivity contribution < 1.29 is 5.11 Å². The van der Waals surface area contributed by atoms with Gasteiger partial charge in [0, 0.05) is 16.7 Å². The molecule has 1 aromatic carbocycles. The molecule has 0 fully saturated rings. The van der Waals surface area contributed by atoms with Gasteiger partial charge in [-0.05, 0) is 40.3 Å². The fourth-order valence-corrected chi connectivity index (χ4v) is 1.57. The highest BCUT2D eigenvalue weighted by molar-refractivity contribution is 14.1. The van der Waals surface area contributed by atoms with Gasteiger partial charge in [-0.1, -0.05) is 12.1 Å². The molecule has 2 nitrogen and oxygen atoms in total. The first-order chi connectivity index (χ1) is 5.83.